The molecule has 9 heteroatoms. The normalized spacial score (nSPS) is 18.3. The predicted octanol–water partition coefficient (Wildman–Crippen LogP) is 3.94. The first-order valence-corrected chi connectivity index (χ1v) is 11.5. The molecule has 0 spiro atoms. The Morgan fingerprint density at radius 3 is 2.39 bits per heavy atom. The molecule has 8 nitrogen and oxygen atoms in total. The summed E-state index contributed by atoms with van der Waals surface area (Å²) in [7, 11) is 0. The van der Waals surface area contributed by atoms with Crippen molar-refractivity contribution in [2.75, 3.05) is 18.5 Å². The van der Waals surface area contributed by atoms with Crippen molar-refractivity contribution in [1.82, 2.24) is 10.2 Å². The summed E-state index contributed by atoms with van der Waals surface area (Å²) in [6, 6.07) is 8.56. The van der Waals surface area contributed by atoms with E-state index in [-0.39, 0.29) is 12.0 Å². The quantitative estimate of drug-likeness (QED) is 0.491. The lowest BCUT2D eigenvalue weighted by Gasteiger charge is -2.24. The minimum Gasteiger partial charge on any atom is -0.462 e. The summed E-state index contributed by atoms with van der Waals surface area (Å²) in [6.45, 7) is 11.2. The van der Waals surface area contributed by atoms with Crippen LogP contribution in [-0.4, -0.2) is 41.9 Å². The predicted molar refractivity (Wildman–Crippen MR) is 126 cm³/mol. The molecule has 3 rings (SSSR count). The number of carbonyl (C=O) groups excluding carboxylic acids is 4. The van der Waals surface area contributed by atoms with Gasteiger partial charge in [-0.15, -0.1) is 11.3 Å². The lowest BCUT2D eigenvalue weighted by atomic mass is 9.84. The van der Waals surface area contributed by atoms with Gasteiger partial charge in [0.1, 0.15) is 17.0 Å². The molecule has 2 aromatic rings. The highest BCUT2D eigenvalue weighted by molar-refractivity contribution is 7.18. The van der Waals surface area contributed by atoms with Gasteiger partial charge in [0.05, 0.1) is 11.6 Å². The lowest BCUT2D eigenvalue weighted by molar-refractivity contribution is -0.133. The van der Waals surface area contributed by atoms with Gasteiger partial charge in [-0.1, -0.05) is 45.0 Å². The Labute approximate surface area is 197 Å². The molecule has 1 fully saturated rings. The number of anilines is 1. The van der Waals surface area contributed by atoms with Crippen LogP contribution in [0.25, 0.3) is 0 Å². The summed E-state index contributed by atoms with van der Waals surface area (Å²) in [5.74, 6) is -1.49. The van der Waals surface area contributed by atoms with E-state index in [1.165, 1.54) is 0 Å². The van der Waals surface area contributed by atoms with Crippen LogP contribution in [0.2, 0.25) is 0 Å². The lowest BCUT2D eigenvalue weighted by Crippen LogP contribution is -2.42. The molecule has 2 N–H and O–H groups in total. The standard InChI is InChI=1S/C24H29N3O5S/c1-7-32-20(29)19-14(2)12-18(33-19)25-17(28)13-27-21(30)24(6,26-22(27)31)16-10-8-15(9-11-16)23(3,4)5/h8-12H,7,13H2,1-6H3,(H,25,28)(H,26,31). The molecule has 2 heterocycles. The molecule has 0 saturated carbocycles. The van der Waals surface area contributed by atoms with E-state index in [4.69, 9.17) is 4.74 Å². The molecule has 1 aliphatic rings. The van der Waals surface area contributed by atoms with Crippen LogP contribution in [0, 0.1) is 6.92 Å². The summed E-state index contributed by atoms with van der Waals surface area (Å²) >= 11 is 1.08. The zero-order chi connectivity index (χ0) is 24.6. The van der Waals surface area contributed by atoms with E-state index in [0.29, 0.717) is 21.0 Å². The second-order valence-corrected chi connectivity index (χ2v) is 10.2. The third-order valence-electron chi connectivity index (χ3n) is 5.55. The number of imide groups is 1. The number of nitrogens with one attached hydrogen (secondary N) is 2. The van der Waals surface area contributed by atoms with Gasteiger partial charge in [0.15, 0.2) is 0 Å². The highest BCUT2D eigenvalue weighted by Crippen LogP contribution is 2.31. The summed E-state index contributed by atoms with van der Waals surface area (Å²) in [6.07, 6.45) is 0. The topological polar surface area (TPSA) is 105 Å². The Morgan fingerprint density at radius 2 is 1.82 bits per heavy atom. The molecule has 4 amide bonds. The molecule has 176 valence electrons. The van der Waals surface area contributed by atoms with Gasteiger partial charge in [0, 0.05) is 0 Å². The largest absolute Gasteiger partial charge is 0.462 e. The summed E-state index contributed by atoms with van der Waals surface area (Å²) in [5, 5.41) is 5.81. The van der Waals surface area contributed by atoms with E-state index in [0.717, 1.165) is 21.8 Å². The van der Waals surface area contributed by atoms with Crippen LogP contribution in [0.3, 0.4) is 0 Å². The van der Waals surface area contributed by atoms with Gasteiger partial charge < -0.3 is 15.4 Å². The van der Waals surface area contributed by atoms with Crippen molar-refractivity contribution in [2.45, 2.75) is 52.5 Å². The number of hydrogen-bond acceptors (Lipinski definition) is 6. The molecule has 0 bridgehead atoms. The van der Waals surface area contributed by atoms with Crippen molar-refractivity contribution in [2.24, 2.45) is 0 Å². The smallest absolute Gasteiger partial charge is 0.348 e. The van der Waals surface area contributed by atoms with Gasteiger partial charge in [-0.05, 0) is 48.9 Å². The second-order valence-electron chi connectivity index (χ2n) is 9.17. The van der Waals surface area contributed by atoms with Gasteiger partial charge in [0.2, 0.25) is 5.91 Å². The Kier molecular flexibility index (Phi) is 6.65. The highest BCUT2D eigenvalue weighted by atomic mass is 32.1. The van der Waals surface area contributed by atoms with Crippen LogP contribution >= 0.6 is 11.3 Å². The monoisotopic (exact) mass is 471 g/mol. The number of ether oxygens (including phenoxy) is 1. The molecule has 0 aliphatic carbocycles. The van der Waals surface area contributed by atoms with Crippen LogP contribution in [0.15, 0.2) is 30.3 Å². The number of nitrogens with zero attached hydrogens (tertiary/aromatic N) is 1. The van der Waals surface area contributed by atoms with Crippen LogP contribution in [0.5, 0.6) is 0 Å². The van der Waals surface area contributed by atoms with Gasteiger partial charge in [-0.25, -0.2) is 9.59 Å². The molecule has 1 atom stereocenters. The van der Waals surface area contributed by atoms with E-state index in [1.807, 2.05) is 24.3 Å². The number of esters is 1. The molecule has 0 radical (unpaired) electrons. The Hall–Kier alpha value is -3.20. The number of thiophene rings is 1. The van der Waals surface area contributed by atoms with E-state index in [1.54, 1.807) is 26.8 Å². The molecule has 1 aromatic heterocycles. The maximum atomic E-state index is 13.1. The van der Waals surface area contributed by atoms with Crippen molar-refractivity contribution in [3.63, 3.8) is 0 Å². The SMILES string of the molecule is CCOC(=O)c1sc(NC(=O)CN2C(=O)NC(C)(c3ccc(C(C)(C)C)cc3)C2=O)cc1C. The maximum Gasteiger partial charge on any atom is 0.348 e. The van der Waals surface area contributed by atoms with Gasteiger partial charge in [0.25, 0.3) is 5.91 Å². The third-order valence-corrected chi connectivity index (χ3v) is 6.68. The summed E-state index contributed by atoms with van der Waals surface area (Å²) in [4.78, 5) is 51.6. The number of rotatable bonds is 6. The van der Waals surface area contributed by atoms with Crippen molar-refractivity contribution in [3.05, 3.63) is 51.9 Å². The zero-order valence-corrected chi connectivity index (χ0v) is 20.5. The Balaban J connectivity index is 1.72. The molecular formula is C24H29N3O5S. The van der Waals surface area contributed by atoms with E-state index in [9.17, 15) is 19.2 Å². The number of urea groups is 1. The number of benzene rings is 1. The van der Waals surface area contributed by atoms with Crippen molar-refractivity contribution >= 4 is 40.2 Å². The molecule has 1 aromatic carbocycles. The first-order valence-electron chi connectivity index (χ1n) is 10.7. The van der Waals surface area contributed by atoms with Crippen LogP contribution in [0.1, 0.15) is 61.0 Å². The number of carbonyl (C=O) groups is 4. The Bertz CT molecular complexity index is 1100. The molecule has 1 unspecified atom stereocenters. The summed E-state index contributed by atoms with van der Waals surface area (Å²) < 4.78 is 5.01. The van der Waals surface area contributed by atoms with Crippen LogP contribution in [0.4, 0.5) is 9.80 Å². The fourth-order valence-corrected chi connectivity index (χ4v) is 4.59. The van der Waals surface area contributed by atoms with Crippen LogP contribution in [-0.2, 0) is 25.3 Å². The average Bonchev–Trinajstić information content (AvgIpc) is 3.20. The first-order chi connectivity index (χ1) is 15.4. The first kappa shape index (κ1) is 24.4. The summed E-state index contributed by atoms with van der Waals surface area (Å²) in [5.41, 5.74) is 1.13. The van der Waals surface area contributed by atoms with E-state index in [2.05, 4.69) is 31.4 Å². The van der Waals surface area contributed by atoms with Crippen molar-refractivity contribution < 1.29 is 23.9 Å². The van der Waals surface area contributed by atoms with Gasteiger partial charge in [-0.3, -0.25) is 14.5 Å². The van der Waals surface area contributed by atoms with Crippen molar-refractivity contribution in [3.8, 4) is 0 Å². The highest BCUT2D eigenvalue weighted by Gasteiger charge is 2.49. The fraction of sp³-hybridized carbons (Fsp3) is 0.417. The van der Waals surface area contributed by atoms with Crippen LogP contribution < -0.4 is 10.6 Å². The van der Waals surface area contributed by atoms with Gasteiger partial charge in [-0.2, -0.15) is 0 Å². The molecule has 1 aliphatic heterocycles. The Morgan fingerprint density at radius 1 is 1.18 bits per heavy atom. The van der Waals surface area contributed by atoms with Gasteiger partial charge >= 0.3 is 12.0 Å². The van der Waals surface area contributed by atoms with E-state index < -0.39 is 35.9 Å². The number of hydrogen-bond donors (Lipinski definition) is 2. The molecular weight excluding hydrogens is 442 g/mol. The van der Waals surface area contributed by atoms with E-state index >= 15 is 0 Å². The number of amides is 4. The fourth-order valence-electron chi connectivity index (χ4n) is 3.60. The minimum atomic E-state index is -1.26. The maximum absolute atomic E-state index is 13.1. The van der Waals surface area contributed by atoms with Crippen molar-refractivity contribution in [1.29, 1.82) is 0 Å². The zero-order valence-electron chi connectivity index (χ0n) is 19.7. The third kappa shape index (κ3) is 4.93. The number of aryl methyl sites for hydroxylation is 1. The second kappa shape index (κ2) is 8.97. The average molecular weight is 472 g/mol. The molecule has 1 saturated heterocycles. The molecule has 33 heavy (non-hydrogen) atoms. The minimum absolute atomic E-state index is 0.0419.